The van der Waals surface area contributed by atoms with E-state index < -0.39 is 0 Å². The quantitative estimate of drug-likeness (QED) is 0.767. The van der Waals surface area contributed by atoms with Crippen LogP contribution in [-0.4, -0.2) is 18.2 Å². The van der Waals surface area contributed by atoms with Gasteiger partial charge in [0, 0.05) is 18.8 Å². The zero-order valence-corrected chi connectivity index (χ0v) is 9.85. The van der Waals surface area contributed by atoms with Gasteiger partial charge in [-0.05, 0) is 25.0 Å². The van der Waals surface area contributed by atoms with Crippen molar-refractivity contribution >= 4 is 22.5 Å². The maximum atomic E-state index is 6.02. The normalized spacial score (nSPS) is 17.3. The van der Waals surface area contributed by atoms with Gasteiger partial charge < -0.3 is 15.2 Å². The predicted octanol–water partition coefficient (Wildman–Crippen LogP) is 2.79. The van der Waals surface area contributed by atoms with Gasteiger partial charge in [0.1, 0.15) is 0 Å². The van der Waals surface area contributed by atoms with Crippen LogP contribution in [0.2, 0.25) is 0 Å². The molecule has 1 aliphatic rings. The van der Waals surface area contributed by atoms with E-state index in [1.54, 1.807) is 0 Å². The van der Waals surface area contributed by atoms with E-state index in [0.29, 0.717) is 0 Å². The van der Waals surface area contributed by atoms with Crippen molar-refractivity contribution in [2.45, 2.75) is 25.7 Å². The fraction of sp³-hybridized carbons (Fsp3) is 0.462. The molecule has 90 valence electrons. The minimum atomic E-state index is 0.753. The maximum absolute atomic E-state index is 6.02. The third-order valence-electron chi connectivity index (χ3n) is 3.42. The van der Waals surface area contributed by atoms with Crippen molar-refractivity contribution in [1.82, 2.24) is 5.16 Å². The molecule has 0 amide bonds. The molecule has 0 aliphatic carbocycles. The maximum Gasteiger partial charge on any atom is 0.182 e. The highest BCUT2D eigenvalue weighted by Crippen LogP contribution is 2.31. The van der Waals surface area contributed by atoms with E-state index in [1.165, 1.54) is 25.7 Å². The Hall–Kier alpha value is -1.71. The minimum Gasteiger partial charge on any atom is -0.398 e. The molecule has 0 saturated carbocycles. The lowest BCUT2D eigenvalue weighted by atomic mass is 10.2. The first-order valence-electron chi connectivity index (χ1n) is 6.25. The van der Waals surface area contributed by atoms with Gasteiger partial charge in [-0.1, -0.05) is 24.1 Å². The van der Waals surface area contributed by atoms with Crippen LogP contribution in [0.5, 0.6) is 0 Å². The summed E-state index contributed by atoms with van der Waals surface area (Å²) in [7, 11) is 0. The van der Waals surface area contributed by atoms with Crippen LogP contribution in [0.15, 0.2) is 22.7 Å². The van der Waals surface area contributed by atoms with Crippen molar-refractivity contribution in [1.29, 1.82) is 0 Å². The van der Waals surface area contributed by atoms with Crippen molar-refractivity contribution < 1.29 is 4.52 Å². The van der Waals surface area contributed by atoms with Crippen LogP contribution >= 0.6 is 0 Å². The van der Waals surface area contributed by atoms with Crippen LogP contribution < -0.4 is 10.6 Å². The molecule has 1 aromatic carbocycles. The van der Waals surface area contributed by atoms with Crippen LogP contribution in [0.1, 0.15) is 25.7 Å². The predicted molar refractivity (Wildman–Crippen MR) is 69.1 cm³/mol. The largest absolute Gasteiger partial charge is 0.398 e. The summed E-state index contributed by atoms with van der Waals surface area (Å²) in [6, 6.07) is 5.72. The SMILES string of the molecule is Nc1cccc2onc(N3CCCCCC3)c12. The number of nitrogens with zero attached hydrogens (tertiary/aromatic N) is 2. The second kappa shape index (κ2) is 4.28. The zero-order valence-electron chi connectivity index (χ0n) is 9.85. The van der Waals surface area contributed by atoms with Crippen LogP contribution in [-0.2, 0) is 0 Å². The minimum absolute atomic E-state index is 0.753. The number of hydrogen-bond acceptors (Lipinski definition) is 4. The fourth-order valence-electron chi connectivity index (χ4n) is 2.50. The molecule has 4 heteroatoms. The number of benzene rings is 1. The molecule has 0 spiro atoms. The molecular weight excluding hydrogens is 214 g/mol. The van der Waals surface area contributed by atoms with Crippen LogP contribution in [0.25, 0.3) is 11.0 Å². The molecular formula is C13H17N3O. The molecule has 3 rings (SSSR count). The summed E-state index contributed by atoms with van der Waals surface area (Å²) in [5.74, 6) is 0.917. The molecule has 1 aliphatic heterocycles. The first kappa shape index (κ1) is 10.4. The Morgan fingerprint density at radius 3 is 2.65 bits per heavy atom. The Kier molecular flexibility index (Phi) is 2.63. The smallest absolute Gasteiger partial charge is 0.182 e. The third kappa shape index (κ3) is 1.84. The molecule has 4 nitrogen and oxygen atoms in total. The highest BCUT2D eigenvalue weighted by Gasteiger charge is 2.18. The van der Waals surface area contributed by atoms with Crippen molar-refractivity contribution in [3.8, 4) is 0 Å². The third-order valence-corrected chi connectivity index (χ3v) is 3.42. The van der Waals surface area contributed by atoms with Gasteiger partial charge in [-0.3, -0.25) is 0 Å². The molecule has 0 unspecified atom stereocenters. The molecule has 2 aromatic rings. The summed E-state index contributed by atoms with van der Waals surface area (Å²) in [4.78, 5) is 2.30. The van der Waals surface area contributed by atoms with Crippen molar-refractivity contribution in [3.63, 3.8) is 0 Å². The van der Waals surface area contributed by atoms with E-state index >= 15 is 0 Å². The van der Waals surface area contributed by atoms with E-state index in [2.05, 4.69) is 10.1 Å². The molecule has 0 radical (unpaired) electrons. The number of rotatable bonds is 1. The fourth-order valence-corrected chi connectivity index (χ4v) is 2.50. The van der Waals surface area contributed by atoms with E-state index in [-0.39, 0.29) is 0 Å². The van der Waals surface area contributed by atoms with E-state index in [9.17, 15) is 0 Å². The summed E-state index contributed by atoms with van der Waals surface area (Å²) >= 11 is 0. The Bertz CT molecular complexity index is 512. The summed E-state index contributed by atoms with van der Waals surface area (Å²) < 4.78 is 5.35. The van der Waals surface area contributed by atoms with E-state index in [0.717, 1.165) is 35.6 Å². The lowest BCUT2D eigenvalue weighted by molar-refractivity contribution is 0.454. The molecule has 1 saturated heterocycles. The van der Waals surface area contributed by atoms with Gasteiger partial charge in [0.2, 0.25) is 0 Å². The average molecular weight is 231 g/mol. The molecule has 2 N–H and O–H groups in total. The number of fused-ring (bicyclic) bond motifs is 1. The molecule has 1 fully saturated rings. The zero-order chi connectivity index (χ0) is 11.7. The van der Waals surface area contributed by atoms with Gasteiger partial charge in [0.15, 0.2) is 11.4 Å². The number of nitrogens with two attached hydrogens (primary N) is 1. The number of hydrogen-bond donors (Lipinski definition) is 1. The lowest BCUT2D eigenvalue weighted by Gasteiger charge is -2.19. The number of anilines is 2. The lowest BCUT2D eigenvalue weighted by Crippen LogP contribution is -2.24. The van der Waals surface area contributed by atoms with Crippen LogP contribution in [0.4, 0.5) is 11.5 Å². The van der Waals surface area contributed by atoms with Crippen LogP contribution in [0.3, 0.4) is 0 Å². The van der Waals surface area contributed by atoms with Gasteiger partial charge in [0.25, 0.3) is 0 Å². The van der Waals surface area contributed by atoms with Gasteiger partial charge in [0.05, 0.1) is 5.39 Å². The van der Waals surface area contributed by atoms with Gasteiger partial charge >= 0.3 is 0 Å². The Morgan fingerprint density at radius 1 is 1.12 bits per heavy atom. The summed E-state index contributed by atoms with van der Waals surface area (Å²) in [5.41, 5.74) is 7.56. The van der Waals surface area contributed by atoms with Crippen molar-refractivity contribution in [2.75, 3.05) is 23.7 Å². The Balaban J connectivity index is 2.04. The summed E-state index contributed by atoms with van der Waals surface area (Å²) in [6.45, 7) is 2.10. The number of nitrogen functional groups attached to an aromatic ring is 1. The molecule has 0 bridgehead atoms. The van der Waals surface area contributed by atoms with Crippen molar-refractivity contribution in [3.05, 3.63) is 18.2 Å². The van der Waals surface area contributed by atoms with E-state index in [1.807, 2.05) is 18.2 Å². The highest BCUT2D eigenvalue weighted by molar-refractivity contribution is 5.98. The Morgan fingerprint density at radius 2 is 1.88 bits per heavy atom. The molecule has 1 aromatic heterocycles. The monoisotopic (exact) mass is 231 g/mol. The first-order chi connectivity index (χ1) is 8.36. The van der Waals surface area contributed by atoms with E-state index in [4.69, 9.17) is 10.3 Å². The summed E-state index contributed by atoms with van der Waals surface area (Å²) in [6.07, 6.45) is 5.06. The highest BCUT2D eigenvalue weighted by atomic mass is 16.5. The molecule has 17 heavy (non-hydrogen) atoms. The standard InChI is InChI=1S/C13H17N3O/c14-10-6-5-7-11-12(10)13(15-17-11)16-8-3-1-2-4-9-16/h5-7H,1-4,8-9,14H2. The molecule has 0 atom stereocenters. The molecule has 2 heterocycles. The Labute approximate surface area is 100 Å². The second-order valence-electron chi connectivity index (χ2n) is 4.63. The topological polar surface area (TPSA) is 55.3 Å². The van der Waals surface area contributed by atoms with Gasteiger partial charge in [-0.2, -0.15) is 0 Å². The summed E-state index contributed by atoms with van der Waals surface area (Å²) in [5, 5.41) is 5.16. The second-order valence-corrected chi connectivity index (χ2v) is 4.63. The van der Waals surface area contributed by atoms with Gasteiger partial charge in [-0.25, -0.2) is 0 Å². The first-order valence-corrected chi connectivity index (χ1v) is 6.25. The van der Waals surface area contributed by atoms with Gasteiger partial charge in [-0.15, -0.1) is 0 Å². The average Bonchev–Trinajstić information content (AvgIpc) is 2.59. The van der Waals surface area contributed by atoms with Crippen molar-refractivity contribution in [2.24, 2.45) is 0 Å². The van der Waals surface area contributed by atoms with Crippen LogP contribution in [0, 0.1) is 0 Å². The number of aromatic nitrogens is 1.